The van der Waals surface area contributed by atoms with E-state index in [1.165, 1.54) is 4.31 Å². The highest BCUT2D eigenvalue weighted by molar-refractivity contribution is 9.10. The molecule has 0 bridgehead atoms. The van der Waals surface area contributed by atoms with Gasteiger partial charge in [0.25, 0.3) is 0 Å². The van der Waals surface area contributed by atoms with Crippen LogP contribution in [0.25, 0.3) is 0 Å². The second-order valence-electron chi connectivity index (χ2n) is 8.92. The quantitative estimate of drug-likeness (QED) is 0.406. The van der Waals surface area contributed by atoms with Crippen molar-refractivity contribution in [1.82, 2.24) is 10.2 Å². The van der Waals surface area contributed by atoms with Crippen molar-refractivity contribution in [1.29, 1.82) is 0 Å². The van der Waals surface area contributed by atoms with E-state index in [9.17, 15) is 18.0 Å². The van der Waals surface area contributed by atoms with Crippen LogP contribution in [0.5, 0.6) is 0 Å². The number of anilines is 1. The molecule has 9 heteroatoms. The van der Waals surface area contributed by atoms with E-state index in [0.29, 0.717) is 12.1 Å². The Balaban J connectivity index is 2.16. The summed E-state index contributed by atoms with van der Waals surface area (Å²) in [7, 11) is -3.51. The lowest BCUT2D eigenvalue weighted by molar-refractivity contribution is -0.140. The minimum atomic E-state index is -3.51. The van der Waals surface area contributed by atoms with Gasteiger partial charge in [-0.05, 0) is 69.0 Å². The maximum Gasteiger partial charge on any atom is 0.242 e. The zero-order valence-corrected chi connectivity index (χ0v) is 23.5. The van der Waals surface area contributed by atoms with Gasteiger partial charge in [0.2, 0.25) is 21.8 Å². The molecule has 1 N–H and O–H groups in total. The molecule has 7 nitrogen and oxygen atoms in total. The topological polar surface area (TPSA) is 86.8 Å². The summed E-state index contributed by atoms with van der Waals surface area (Å²) in [4.78, 5) is 27.7. The van der Waals surface area contributed by atoms with Crippen LogP contribution in [0.2, 0.25) is 0 Å². The number of nitrogens with zero attached hydrogens (tertiary/aromatic N) is 2. The molecular formula is C26H36BrN3O4S. The van der Waals surface area contributed by atoms with E-state index in [2.05, 4.69) is 21.2 Å². The van der Waals surface area contributed by atoms with Crippen LogP contribution in [0, 0.1) is 6.92 Å². The SMILES string of the molecule is CC[C@H](C)NC(=O)[C@H](C)N(Cc1ccc(Br)cc1)C(=O)CCCN(c1cccc(C)c1)S(C)(=O)=O. The maximum absolute atomic E-state index is 13.3. The van der Waals surface area contributed by atoms with Gasteiger partial charge in [0.15, 0.2) is 0 Å². The summed E-state index contributed by atoms with van der Waals surface area (Å²) in [6.07, 6.45) is 2.41. The first-order valence-corrected chi connectivity index (χ1v) is 14.4. The zero-order valence-electron chi connectivity index (χ0n) is 21.1. The minimum absolute atomic E-state index is 0.00670. The van der Waals surface area contributed by atoms with Crippen molar-refractivity contribution in [3.63, 3.8) is 0 Å². The lowest BCUT2D eigenvalue weighted by Crippen LogP contribution is -2.49. The number of nitrogens with one attached hydrogen (secondary N) is 1. The fourth-order valence-corrected chi connectivity index (χ4v) is 4.84. The molecule has 35 heavy (non-hydrogen) atoms. The second kappa shape index (κ2) is 13.1. The van der Waals surface area contributed by atoms with Crippen LogP contribution in [0.3, 0.4) is 0 Å². The summed E-state index contributed by atoms with van der Waals surface area (Å²) in [5.41, 5.74) is 2.43. The average Bonchev–Trinajstić information content (AvgIpc) is 2.79. The molecule has 0 spiro atoms. The molecule has 0 aromatic heterocycles. The molecule has 0 unspecified atom stereocenters. The number of rotatable bonds is 12. The molecule has 2 rings (SSSR count). The van der Waals surface area contributed by atoms with E-state index in [0.717, 1.165) is 28.3 Å². The van der Waals surface area contributed by atoms with Gasteiger partial charge < -0.3 is 10.2 Å². The maximum atomic E-state index is 13.3. The summed E-state index contributed by atoms with van der Waals surface area (Å²) in [5.74, 6) is -0.403. The molecule has 0 aliphatic carbocycles. The zero-order chi connectivity index (χ0) is 26.2. The molecule has 192 valence electrons. The predicted molar refractivity (Wildman–Crippen MR) is 145 cm³/mol. The Morgan fingerprint density at radius 2 is 1.74 bits per heavy atom. The summed E-state index contributed by atoms with van der Waals surface area (Å²) in [6, 6.07) is 14.2. The normalized spacial score (nSPS) is 13.1. The molecule has 2 aromatic carbocycles. The summed E-state index contributed by atoms with van der Waals surface area (Å²) >= 11 is 3.42. The van der Waals surface area contributed by atoms with Gasteiger partial charge in [-0.2, -0.15) is 0 Å². The Kier molecular flexibility index (Phi) is 10.8. The highest BCUT2D eigenvalue weighted by Gasteiger charge is 2.27. The monoisotopic (exact) mass is 565 g/mol. The van der Waals surface area contributed by atoms with E-state index in [4.69, 9.17) is 0 Å². The molecule has 2 atom stereocenters. The van der Waals surface area contributed by atoms with E-state index in [1.807, 2.05) is 63.2 Å². The highest BCUT2D eigenvalue weighted by Crippen LogP contribution is 2.20. The van der Waals surface area contributed by atoms with E-state index in [1.54, 1.807) is 17.9 Å². The van der Waals surface area contributed by atoms with Gasteiger partial charge in [-0.25, -0.2) is 8.42 Å². The number of halogens is 1. The lowest BCUT2D eigenvalue weighted by Gasteiger charge is -2.30. The lowest BCUT2D eigenvalue weighted by atomic mass is 10.1. The van der Waals surface area contributed by atoms with Crippen LogP contribution in [0.1, 0.15) is 51.2 Å². The third-order valence-corrected chi connectivity index (χ3v) is 7.60. The Morgan fingerprint density at radius 1 is 1.09 bits per heavy atom. The first kappa shape index (κ1) is 28.8. The second-order valence-corrected chi connectivity index (χ2v) is 11.7. The van der Waals surface area contributed by atoms with Gasteiger partial charge >= 0.3 is 0 Å². The van der Waals surface area contributed by atoms with Crippen molar-refractivity contribution >= 4 is 43.5 Å². The number of carbonyl (C=O) groups excluding carboxylic acids is 2. The van der Waals surface area contributed by atoms with Crippen LogP contribution in [0.15, 0.2) is 53.0 Å². The Bertz CT molecular complexity index is 1110. The Morgan fingerprint density at radius 3 is 2.31 bits per heavy atom. The molecule has 2 amide bonds. The van der Waals surface area contributed by atoms with Crippen molar-refractivity contribution in [2.24, 2.45) is 0 Å². The summed E-state index contributed by atoms with van der Waals surface area (Å²) in [5, 5.41) is 2.95. The number of hydrogen-bond donors (Lipinski definition) is 1. The molecule has 0 aliphatic rings. The number of sulfonamides is 1. The summed E-state index contributed by atoms with van der Waals surface area (Å²) < 4.78 is 27.1. The van der Waals surface area contributed by atoms with E-state index >= 15 is 0 Å². The van der Waals surface area contributed by atoms with Crippen LogP contribution in [-0.2, 0) is 26.2 Å². The van der Waals surface area contributed by atoms with Gasteiger partial charge in [0.05, 0.1) is 11.9 Å². The van der Waals surface area contributed by atoms with Gasteiger partial charge in [-0.1, -0.05) is 47.1 Å². The van der Waals surface area contributed by atoms with Crippen LogP contribution in [-0.4, -0.2) is 50.0 Å². The molecule has 0 heterocycles. The molecule has 0 aliphatic heterocycles. The van der Waals surface area contributed by atoms with Crippen molar-refractivity contribution in [3.8, 4) is 0 Å². The molecular weight excluding hydrogens is 530 g/mol. The Labute approximate surface area is 218 Å². The fraction of sp³-hybridized carbons (Fsp3) is 0.462. The van der Waals surface area contributed by atoms with Crippen LogP contribution >= 0.6 is 15.9 Å². The first-order chi connectivity index (χ1) is 16.4. The van der Waals surface area contributed by atoms with Gasteiger partial charge in [0, 0.05) is 30.0 Å². The third-order valence-electron chi connectivity index (χ3n) is 5.88. The number of hydrogen-bond acceptors (Lipinski definition) is 4. The fourth-order valence-electron chi connectivity index (χ4n) is 3.62. The van der Waals surface area contributed by atoms with Crippen molar-refractivity contribution < 1.29 is 18.0 Å². The van der Waals surface area contributed by atoms with Crippen molar-refractivity contribution in [3.05, 3.63) is 64.1 Å². The minimum Gasteiger partial charge on any atom is -0.352 e. The molecule has 0 saturated heterocycles. The average molecular weight is 567 g/mol. The van der Waals surface area contributed by atoms with Crippen molar-refractivity contribution in [2.75, 3.05) is 17.1 Å². The number of benzene rings is 2. The van der Waals surface area contributed by atoms with Crippen LogP contribution < -0.4 is 9.62 Å². The predicted octanol–water partition coefficient (Wildman–Crippen LogP) is 4.64. The van der Waals surface area contributed by atoms with Gasteiger partial charge in [-0.15, -0.1) is 0 Å². The smallest absolute Gasteiger partial charge is 0.242 e. The Hall–Kier alpha value is -2.39. The summed E-state index contributed by atoms with van der Waals surface area (Å²) in [6.45, 7) is 8.00. The van der Waals surface area contributed by atoms with Gasteiger partial charge in [0.1, 0.15) is 6.04 Å². The first-order valence-electron chi connectivity index (χ1n) is 11.8. The molecule has 0 fully saturated rings. The van der Waals surface area contributed by atoms with Crippen LogP contribution in [0.4, 0.5) is 5.69 Å². The number of amides is 2. The molecule has 0 radical (unpaired) electrons. The largest absolute Gasteiger partial charge is 0.352 e. The standard InChI is InChI=1S/C26H36BrN3O4S/c1-6-20(3)28-26(32)21(4)29(18-22-12-14-23(27)15-13-22)25(31)11-8-16-30(35(5,33)34)24-10-7-9-19(2)17-24/h7,9-10,12-15,17,20-21H,6,8,11,16,18H2,1-5H3,(H,28,32)/t20-,21-/m0/s1. The number of aryl methyl sites for hydroxylation is 1. The highest BCUT2D eigenvalue weighted by atomic mass is 79.9. The number of carbonyl (C=O) groups is 2. The molecule has 2 aromatic rings. The van der Waals surface area contributed by atoms with Crippen molar-refractivity contribution in [2.45, 2.75) is 65.6 Å². The molecule has 0 saturated carbocycles. The van der Waals surface area contributed by atoms with Gasteiger partial charge in [-0.3, -0.25) is 13.9 Å². The van der Waals surface area contributed by atoms with E-state index in [-0.39, 0.29) is 37.4 Å². The van der Waals surface area contributed by atoms with E-state index < -0.39 is 16.1 Å². The third kappa shape index (κ3) is 8.96.